The summed E-state index contributed by atoms with van der Waals surface area (Å²) in [5.74, 6) is 0.602. The van der Waals surface area contributed by atoms with E-state index in [4.69, 9.17) is 4.74 Å². The van der Waals surface area contributed by atoms with Crippen molar-refractivity contribution < 1.29 is 14.3 Å². The van der Waals surface area contributed by atoms with Crippen LogP contribution in [0.4, 0.5) is 11.4 Å². The molecule has 5 heteroatoms. The second kappa shape index (κ2) is 6.52. The van der Waals surface area contributed by atoms with E-state index in [1.54, 1.807) is 30.3 Å². The largest absolute Gasteiger partial charge is 0.494 e. The fourth-order valence-electron chi connectivity index (χ4n) is 2.53. The van der Waals surface area contributed by atoms with Gasteiger partial charge in [-0.2, -0.15) is 0 Å². The molecule has 0 fully saturated rings. The Morgan fingerprint density at radius 1 is 1.17 bits per heavy atom. The molecule has 2 N–H and O–H groups in total. The van der Waals surface area contributed by atoms with Gasteiger partial charge in [0.05, 0.1) is 6.61 Å². The van der Waals surface area contributed by atoms with E-state index in [9.17, 15) is 9.59 Å². The van der Waals surface area contributed by atoms with E-state index in [-0.39, 0.29) is 11.8 Å². The van der Waals surface area contributed by atoms with E-state index in [2.05, 4.69) is 10.6 Å². The summed E-state index contributed by atoms with van der Waals surface area (Å²) in [6, 6.07) is 12.5. The van der Waals surface area contributed by atoms with E-state index < -0.39 is 0 Å². The Balaban J connectivity index is 1.71. The van der Waals surface area contributed by atoms with Crippen molar-refractivity contribution in [3.63, 3.8) is 0 Å². The Hall–Kier alpha value is -2.82. The van der Waals surface area contributed by atoms with Gasteiger partial charge in [-0.05, 0) is 61.4 Å². The molecule has 3 rings (SSSR count). The maximum Gasteiger partial charge on any atom is 0.255 e. The monoisotopic (exact) mass is 310 g/mol. The standard InChI is InChI=1S/C18H18N2O3/c1-2-23-15-7-3-12(4-8-15)18(22)19-14-6-9-16-13(11-14)5-10-17(21)20-16/h3-4,6-9,11H,2,5,10H2,1H3,(H,19,22)(H,20,21). The highest BCUT2D eigenvalue weighted by atomic mass is 16.5. The fourth-order valence-corrected chi connectivity index (χ4v) is 2.53. The third kappa shape index (κ3) is 3.51. The molecule has 2 aromatic carbocycles. The van der Waals surface area contributed by atoms with E-state index >= 15 is 0 Å². The number of rotatable bonds is 4. The average Bonchev–Trinajstić information content (AvgIpc) is 2.56. The minimum absolute atomic E-state index is 0.0312. The topological polar surface area (TPSA) is 67.4 Å². The van der Waals surface area contributed by atoms with Crippen LogP contribution in [0.1, 0.15) is 29.3 Å². The highest BCUT2D eigenvalue weighted by Crippen LogP contribution is 2.26. The molecule has 1 aliphatic heterocycles. The smallest absolute Gasteiger partial charge is 0.255 e. The minimum atomic E-state index is -0.173. The molecule has 0 aromatic heterocycles. The molecule has 0 saturated carbocycles. The number of fused-ring (bicyclic) bond motifs is 1. The molecule has 5 nitrogen and oxygen atoms in total. The SMILES string of the molecule is CCOc1ccc(C(=O)Nc2ccc3c(c2)CCC(=O)N3)cc1. The number of aryl methyl sites for hydroxylation is 1. The molecule has 23 heavy (non-hydrogen) atoms. The van der Waals surface area contributed by atoms with Gasteiger partial charge in [-0.3, -0.25) is 9.59 Å². The summed E-state index contributed by atoms with van der Waals surface area (Å²) >= 11 is 0. The molecule has 0 radical (unpaired) electrons. The molecule has 0 atom stereocenters. The summed E-state index contributed by atoms with van der Waals surface area (Å²) in [7, 11) is 0. The highest BCUT2D eigenvalue weighted by Gasteiger charge is 2.15. The molecule has 118 valence electrons. The molecule has 2 aromatic rings. The van der Waals surface area contributed by atoms with Crippen LogP contribution in [-0.4, -0.2) is 18.4 Å². The molecular formula is C18H18N2O3. The summed E-state index contributed by atoms with van der Waals surface area (Å²) < 4.78 is 5.36. The van der Waals surface area contributed by atoms with Crippen molar-refractivity contribution in [1.29, 1.82) is 0 Å². The van der Waals surface area contributed by atoms with Crippen LogP contribution in [-0.2, 0) is 11.2 Å². The van der Waals surface area contributed by atoms with E-state index in [1.807, 2.05) is 19.1 Å². The first-order valence-electron chi connectivity index (χ1n) is 7.62. The minimum Gasteiger partial charge on any atom is -0.494 e. The van der Waals surface area contributed by atoms with E-state index in [0.717, 1.165) is 22.7 Å². The van der Waals surface area contributed by atoms with Gasteiger partial charge in [0.1, 0.15) is 5.75 Å². The summed E-state index contributed by atoms with van der Waals surface area (Å²) in [5, 5.41) is 5.70. The quantitative estimate of drug-likeness (QED) is 0.911. The van der Waals surface area contributed by atoms with Crippen LogP contribution >= 0.6 is 0 Å². The van der Waals surface area contributed by atoms with Gasteiger partial charge in [0.2, 0.25) is 5.91 Å². The van der Waals surface area contributed by atoms with Crippen LogP contribution < -0.4 is 15.4 Å². The van der Waals surface area contributed by atoms with E-state index in [0.29, 0.717) is 25.0 Å². The second-order valence-corrected chi connectivity index (χ2v) is 5.33. The van der Waals surface area contributed by atoms with Gasteiger partial charge >= 0.3 is 0 Å². The maximum atomic E-state index is 12.3. The number of anilines is 2. The Kier molecular flexibility index (Phi) is 4.28. The third-order valence-electron chi connectivity index (χ3n) is 3.69. The van der Waals surface area contributed by atoms with Gasteiger partial charge in [0.25, 0.3) is 5.91 Å². The first-order chi connectivity index (χ1) is 11.2. The number of ether oxygens (including phenoxy) is 1. The average molecular weight is 310 g/mol. The normalized spacial score (nSPS) is 13.0. The van der Waals surface area contributed by atoms with Gasteiger partial charge < -0.3 is 15.4 Å². The highest BCUT2D eigenvalue weighted by molar-refractivity contribution is 6.04. The Morgan fingerprint density at radius 3 is 2.70 bits per heavy atom. The Morgan fingerprint density at radius 2 is 1.96 bits per heavy atom. The second-order valence-electron chi connectivity index (χ2n) is 5.33. The van der Waals surface area contributed by atoms with Crippen LogP contribution in [0.3, 0.4) is 0 Å². The van der Waals surface area contributed by atoms with Crippen molar-refractivity contribution >= 4 is 23.2 Å². The lowest BCUT2D eigenvalue weighted by atomic mass is 10.0. The predicted molar refractivity (Wildman–Crippen MR) is 89.0 cm³/mol. The molecular weight excluding hydrogens is 292 g/mol. The van der Waals surface area contributed by atoms with Crippen molar-refractivity contribution in [2.24, 2.45) is 0 Å². The fraction of sp³-hybridized carbons (Fsp3) is 0.222. The Labute approximate surface area is 134 Å². The van der Waals surface area contributed by atoms with Gasteiger partial charge in [0, 0.05) is 23.4 Å². The molecule has 0 spiro atoms. The van der Waals surface area contributed by atoms with Crippen LogP contribution in [0.2, 0.25) is 0 Å². The molecule has 1 aliphatic rings. The Bertz CT molecular complexity index is 738. The molecule has 0 aliphatic carbocycles. The lowest BCUT2D eigenvalue weighted by molar-refractivity contribution is -0.116. The van der Waals surface area contributed by atoms with Crippen LogP contribution in [0.15, 0.2) is 42.5 Å². The van der Waals surface area contributed by atoms with Crippen molar-refractivity contribution in [3.05, 3.63) is 53.6 Å². The van der Waals surface area contributed by atoms with Gasteiger partial charge in [-0.25, -0.2) is 0 Å². The number of carbonyl (C=O) groups excluding carboxylic acids is 2. The maximum absolute atomic E-state index is 12.3. The van der Waals surface area contributed by atoms with Gasteiger partial charge in [-0.15, -0.1) is 0 Å². The zero-order chi connectivity index (χ0) is 16.2. The zero-order valence-electron chi connectivity index (χ0n) is 12.9. The first kappa shape index (κ1) is 15.1. The van der Waals surface area contributed by atoms with E-state index in [1.165, 1.54) is 0 Å². The van der Waals surface area contributed by atoms with Gasteiger partial charge in [0.15, 0.2) is 0 Å². The molecule has 2 amide bonds. The first-order valence-corrected chi connectivity index (χ1v) is 7.62. The number of hydrogen-bond acceptors (Lipinski definition) is 3. The summed E-state index contributed by atoms with van der Waals surface area (Å²) in [6.45, 7) is 2.51. The zero-order valence-corrected chi connectivity index (χ0v) is 12.9. The molecule has 0 saturated heterocycles. The number of carbonyl (C=O) groups is 2. The number of nitrogens with one attached hydrogen (secondary N) is 2. The third-order valence-corrected chi connectivity index (χ3v) is 3.69. The van der Waals surface area contributed by atoms with Crippen molar-refractivity contribution in [2.75, 3.05) is 17.2 Å². The lowest BCUT2D eigenvalue weighted by Gasteiger charge is -2.17. The molecule has 1 heterocycles. The number of benzene rings is 2. The summed E-state index contributed by atoms with van der Waals surface area (Å²) in [4.78, 5) is 23.6. The number of amides is 2. The van der Waals surface area contributed by atoms with Crippen LogP contribution in [0.5, 0.6) is 5.75 Å². The summed E-state index contributed by atoms with van der Waals surface area (Å²) in [6.07, 6.45) is 1.16. The number of hydrogen-bond donors (Lipinski definition) is 2. The summed E-state index contributed by atoms with van der Waals surface area (Å²) in [5.41, 5.74) is 3.15. The van der Waals surface area contributed by atoms with Gasteiger partial charge in [-0.1, -0.05) is 0 Å². The van der Waals surface area contributed by atoms with Crippen molar-refractivity contribution in [2.45, 2.75) is 19.8 Å². The lowest BCUT2D eigenvalue weighted by Crippen LogP contribution is -2.19. The van der Waals surface area contributed by atoms with Crippen molar-refractivity contribution in [3.8, 4) is 5.75 Å². The van der Waals surface area contributed by atoms with Crippen LogP contribution in [0, 0.1) is 0 Å². The predicted octanol–water partition coefficient (Wildman–Crippen LogP) is 3.22. The molecule has 0 bridgehead atoms. The molecule has 0 unspecified atom stereocenters. The van der Waals surface area contributed by atoms with Crippen molar-refractivity contribution in [1.82, 2.24) is 0 Å². The van der Waals surface area contributed by atoms with Crippen LogP contribution in [0.25, 0.3) is 0 Å².